The van der Waals surface area contributed by atoms with Crippen molar-refractivity contribution in [2.75, 3.05) is 0 Å². The Morgan fingerprint density at radius 2 is 2.24 bits per heavy atom. The van der Waals surface area contributed by atoms with Gasteiger partial charge in [-0.2, -0.15) is 0 Å². The van der Waals surface area contributed by atoms with E-state index >= 15 is 0 Å². The Hall–Kier alpha value is -1.05. The predicted octanol–water partition coefficient (Wildman–Crippen LogP) is 4.24. The van der Waals surface area contributed by atoms with Crippen molar-refractivity contribution >= 4 is 5.78 Å². The standard InChI is InChI=1S/C15H22O2/c1-3-11-6-5-7-12(10-11)15(16)13-8-9-17-14(13)4-2/h8-9,11-12H,3-7,10H2,1-2H3. The van der Waals surface area contributed by atoms with Crippen molar-refractivity contribution in [3.05, 3.63) is 23.7 Å². The first kappa shape index (κ1) is 12.4. The highest BCUT2D eigenvalue weighted by Crippen LogP contribution is 2.33. The lowest BCUT2D eigenvalue weighted by molar-refractivity contribution is 0.0860. The van der Waals surface area contributed by atoms with E-state index in [4.69, 9.17) is 4.42 Å². The molecule has 0 N–H and O–H groups in total. The second-order valence-electron chi connectivity index (χ2n) is 5.11. The van der Waals surface area contributed by atoms with Gasteiger partial charge < -0.3 is 4.42 Å². The molecule has 17 heavy (non-hydrogen) atoms. The molecule has 2 nitrogen and oxygen atoms in total. The summed E-state index contributed by atoms with van der Waals surface area (Å²) in [5, 5.41) is 0. The summed E-state index contributed by atoms with van der Waals surface area (Å²) >= 11 is 0. The van der Waals surface area contributed by atoms with E-state index in [2.05, 4.69) is 6.92 Å². The smallest absolute Gasteiger partial charge is 0.169 e. The van der Waals surface area contributed by atoms with Crippen LogP contribution in [0.2, 0.25) is 0 Å². The molecule has 1 fully saturated rings. The number of ketones is 1. The molecule has 2 rings (SSSR count). The molecule has 94 valence electrons. The van der Waals surface area contributed by atoms with Crippen LogP contribution in [0, 0.1) is 11.8 Å². The van der Waals surface area contributed by atoms with E-state index in [1.54, 1.807) is 6.26 Å². The van der Waals surface area contributed by atoms with Gasteiger partial charge >= 0.3 is 0 Å². The van der Waals surface area contributed by atoms with Crippen molar-refractivity contribution < 1.29 is 9.21 Å². The number of rotatable bonds is 4. The van der Waals surface area contributed by atoms with Gasteiger partial charge in [-0.3, -0.25) is 4.79 Å². The van der Waals surface area contributed by atoms with Crippen LogP contribution in [-0.2, 0) is 6.42 Å². The summed E-state index contributed by atoms with van der Waals surface area (Å²) in [6, 6.07) is 1.84. The van der Waals surface area contributed by atoms with Crippen LogP contribution in [0.25, 0.3) is 0 Å². The van der Waals surface area contributed by atoms with Crippen molar-refractivity contribution in [2.45, 2.75) is 52.4 Å². The first-order valence-corrected chi connectivity index (χ1v) is 6.86. The Kier molecular flexibility index (Phi) is 4.03. The fourth-order valence-corrected chi connectivity index (χ4v) is 2.95. The van der Waals surface area contributed by atoms with Crippen molar-refractivity contribution in [2.24, 2.45) is 11.8 Å². The predicted molar refractivity (Wildman–Crippen MR) is 68.2 cm³/mol. The molecular formula is C15H22O2. The number of hydrogen-bond acceptors (Lipinski definition) is 2. The Balaban J connectivity index is 2.09. The molecule has 0 amide bonds. The van der Waals surface area contributed by atoms with Crippen LogP contribution in [0.5, 0.6) is 0 Å². The topological polar surface area (TPSA) is 30.2 Å². The Labute approximate surface area is 103 Å². The number of furan rings is 1. The van der Waals surface area contributed by atoms with Crippen LogP contribution >= 0.6 is 0 Å². The van der Waals surface area contributed by atoms with E-state index in [1.807, 2.05) is 13.0 Å². The van der Waals surface area contributed by atoms with E-state index in [9.17, 15) is 4.79 Å². The zero-order valence-corrected chi connectivity index (χ0v) is 10.9. The highest BCUT2D eigenvalue weighted by atomic mass is 16.3. The van der Waals surface area contributed by atoms with E-state index in [0.717, 1.165) is 36.5 Å². The van der Waals surface area contributed by atoms with E-state index in [-0.39, 0.29) is 5.92 Å². The minimum Gasteiger partial charge on any atom is -0.469 e. The first-order valence-electron chi connectivity index (χ1n) is 6.86. The van der Waals surface area contributed by atoms with E-state index in [1.165, 1.54) is 19.3 Å². The minimum absolute atomic E-state index is 0.233. The van der Waals surface area contributed by atoms with Crippen molar-refractivity contribution in [3.63, 3.8) is 0 Å². The molecule has 0 aliphatic heterocycles. The van der Waals surface area contributed by atoms with Gasteiger partial charge in [-0.05, 0) is 24.8 Å². The summed E-state index contributed by atoms with van der Waals surface area (Å²) in [5.41, 5.74) is 0.828. The highest BCUT2D eigenvalue weighted by Gasteiger charge is 2.28. The van der Waals surface area contributed by atoms with Crippen molar-refractivity contribution in [1.29, 1.82) is 0 Å². The van der Waals surface area contributed by atoms with Gasteiger partial charge in [0.25, 0.3) is 0 Å². The summed E-state index contributed by atoms with van der Waals surface area (Å²) < 4.78 is 5.36. The molecule has 1 aliphatic rings. The maximum absolute atomic E-state index is 12.4. The number of aryl methyl sites for hydroxylation is 1. The van der Waals surface area contributed by atoms with Gasteiger partial charge in [-0.25, -0.2) is 0 Å². The lowest BCUT2D eigenvalue weighted by Gasteiger charge is -2.27. The second-order valence-corrected chi connectivity index (χ2v) is 5.11. The highest BCUT2D eigenvalue weighted by molar-refractivity contribution is 5.98. The average Bonchev–Trinajstić information content (AvgIpc) is 2.86. The molecule has 0 aromatic carbocycles. The summed E-state index contributed by atoms with van der Waals surface area (Å²) in [6.07, 6.45) is 8.29. The van der Waals surface area contributed by atoms with Crippen molar-refractivity contribution in [1.82, 2.24) is 0 Å². The minimum atomic E-state index is 0.233. The van der Waals surface area contributed by atoms with E-state index < -0.39 is 0 Å². The normalized spacial score (nSPS) is 24.8. The zero-order chi connectivity index (χ0) is 12.3. The Morgan fingerprint density at radius 1 is 1.41 bits per heavy atom. The molecular weight excluding hydrogens is 212 g/mol. The van der Waals surface area contributed by atoms with Crippen molar-refractivity contribution in [3.8, 4) is 0 Å². The quantitative estimate of drug-likeness (QED) is 0.729. The third-order valence-corrected chi connectivity index (χ3v) is 4.06. The molecule has 2 heteroatoms. The summed E-state index contributed by atoms with van der Waals surface area (Å²) in [4.78, 5) is 12.4. The Morgan fingerprint density at radius 3 is 2.94 bits per heavy atom. The molecule has 1 saturated carbocycles. The summed E-state index contributed by atoms with van der Waals surface area (Å²) in [7, 11) is 0. The van der Waals surface area contributed by atoms with Crippen LogP contribution in [0.15, 0.2) is 16.7 Å². The fraction of sp³-hybridized carbons (Fsp3) is 0.667. The Bertz CT molecular complexity index is 378. The SMILES string of the molecule is CCc1occc1C(=O)C1CCCC(CC)C1. The monoisotopic (exact) mass is 234 g/mol. The molecule has 1 aliphatic carbocycles. The van der Waals surface area contributed by atoms with Crippen LogP contribution in [-0.4, -0.2) is 5.78 Å². The van der Waals surface area contributed by atoms with Gasteiger partial charge in [0.15, 0.2) is 5.78 Å². The fourth-order valence-electron chi connectivity index (χ4n) is 2.95. The van der Waals surface area contributed by atoms with Crippen LogP contribution in [0.3, 0.4) is 0 Å². The van der Waals surface area contributed by atoms with Crippen LogP contribution in [0.4, 0.5) is 0 Å². The van der Waals surface area contributed by atoms with Gasteiger partial charge in [0, 0.05) is 12.3 Å². The molecule has 0 spiro atoms. The van der Waals surface area contributed by atoms with Gasteiger partial charge in [0.1, 0.15) is 5.76 Å². The van der Waals surface area contributed by atoms with Crippen LogP contribution in [0.1, 0.15) is 62.1 Å². The van der Waals surface area contributed by atoms with Crippen LogP contribution < -0.4 is 0 Å². The maximum atomic E-state index is 12.4. The molecule has 1 heterocycles. The summed E-state index contributed by atoms with van der Waals surface area (Å²) in [5.74, 6) is 2.15. The maximum Gasteiger partial charge on any atom is 0.169 e. The molecule has 2 atom stereocenters. The molecule has 1 aromatic rings. The molecule has 2 unspecified atom stereocenters. The number of hydrogen-bond donors (Lipinski definition) is 0. The number of carbonyl (C=O) groups is 1. The van der Waals surface area contributed by atoms with Gasteiger partial charge in [-0.15, -0.1) is 0 Å². The van der Waals surface area contributed by atoms with Gasteiger partial charge in [0.05, 0.1) is 11.8 Å². The molecule has 0 radical (unpaired) electrons. The number of carbonyl (C=O) groups excluding carboxylic acids is 1. The lowest BCUT2D eigenvalue weighted by atomic mass is 9.77. The first-order chi connectivity index (χ1) is 8.26. The molecule has 0 saturated heterocycles. The second kappa shape index (κ2) is 5.52. The lowest BCUT2D eigenvalue weighted by Crippen LogP contribution is -2.23. The third kappa shape index (κ3) is 2.62. The zero-order valence-electron chi connectivity index (χ0n) is 10.9. The largest absolute Gasteiger partial charge is 0.469 e. The van der Waals surface area contributed by atoms with Gasteiger partial charge in [0.2, 0.25) is 0 Å². The van der Waals surface area contributed by atoms with E-state index in [0.29, 0.717) is 5.78 Å². The summed E-state index contributed by atoms with van der Waals surface area (Å²) in [6.45, 7) is 4.26. The third-order valence-electron chi connectivity index (χ3n) is 4.06. The molecule has 1 aromatic heterocycles. The average molecular weight is 234 g/mol. The number of Topliss-reactive ketones (excluding diaryl/α,β-unsaturated/α-hetero) is 1. The van der Waals surface area contributed by atoms with Gasteiger partial charge in [-0.1, -0.05) is 33.1 Å². The molecule has 0 bridgehead atoms.